The fourth-order valence-corrected chi connectivity index (χ4v) is 2.63. The molecule has 1 aromatic rings. The predicted octanol–water partition coefficient (Wildman–Crippen LogP) is 2.42. The molecule has 0 heterocycles. The number of carbonyl (C=O) groups excluding carboxylic acids is 1. The highest BCUT2D eigenvalue weighted by Crippen LogP contribution is 2.32. The molecule has 1 saturated carbocycles. The van der Waals surface area contributed by atoms with Gasteiger partial charge in [0.1, 0.15) is 5.54 Å². The van der Waals surface area contributed by atoms with Crippen LogP contribution in [0.5, 0.6) is 0 Å². The average Bonchev–Trinajstić information content (AvgIpc) is 2.44. The lowest BCUT2D eigenvalue weighted by Crippen LogP contribution is -2.57. The van der Waals surface area contributed by atoms with Crippen LogP contribution < -0.4 is 16.4 Å². The van der Waals surface area contributed by atoms with E-state index in [1.807, 2.05) is 0 Å². The number of urea groups is 1. The zero-order valence-corrected chi connectivity index (χ0v) is 12.1. The van der Waals surface area contributed by atoms with E-state index in [4.69, 9.17) is 5.73 Å². The van der Waals surface area contributed by atoms with Gasteiger partial charge < -0.3 is 21.5 Å². The Balaban J connectivity index is 2.06. The Kier molecular flexibility index (Phi) is 4.35. The van der Waals surface area contributed by atoms with Gasteiger partial charge in [-0.15, -0.1) is 0 Å². The maximum atomic E-state index is 12.1. The number of carboxylic acid groups (broad SMARTS) is 1. The van der Waals surface area contributed by atoms with Crippen LogP contribution in [0.4, 0.5) is 16.2 Å². The SMILES string of the molecule is CC1CCC(NC(=O)Nc2ccccc2N)(C(=O)O)CC1. The first-order chi connectivity index (χ1) is 9.93. The average molecular weight is 291 g/mol. The van der Waals surface area contributed by atoms with Crippen molar-refractivity contribution in [3.05, 3.63) is 24.3 Å². The number of nitrogen functional groups attached to an aromatic ring is 1. The molecule has 5 N–H and O–H groups in total. The Labute approximate surface area is 123 Å². The van der Waals surface area contributed by atoms with Gasteiger partial charge in [0.25, 0.3) is 0 Å². The molecule has 6 nitrogen and oxygen atoms in total. The van der Waals surface area contributed by atoms with E-state index in [0.29, 0.717) is 30.1 Å². The molecule has 21 heavy (non-hydrogen) atoms. The van der Waals surface area contributed by atoms with Crippen LogP contribution >= 0.6 is 0 Å². The summed E-state index contributed by atoms with van der Waals surface area (Å²) < 4.78 is 0. The molecule has 6 heteroatoms. The van der Waals surface area contributed by atoms with E-state index in [2.05, 4.69) is 17.6 Å². The van der Waals surface area contributed by atoms with Crippen molar-refractivity contribution in [3.63, 3.8) is 0 Å². The van der Waals surface area contributed by atoms with Gasteiger partial charge in [-0.3, -0.25) is 0 Å². The maximum Gasteiger partial charge on any atom is 0.329 e. The Morgan fingerprint density at radius 1 is 1.29 bits per heavy atom. The summed E-state index contributed by atoms with van der Waals surface area (Å²) in [6.45, 7) is 2.09. The van der Waals surface area contributed by atoms with Crippen molar-refractivity contribution < 1.29 is 14.7 Å². The number of hydrogen-bond donors (Lipinski definition) is 4. The molecular weight excluding hydrogens is 270 g/mol. The second-order valence-corrected chi connectivity index (χ2v) is 5.74. The Morgan fingerprint density at radius 3 is 2.48 bits per heavy atom. The summed E-state index contributed by atoms with van der Waals surface area (Å²) in [6, 6.07) is 6.32. The fraction of sp³-hybridized carbons (Fsp3) is 0.467. The number of anilines is 2. The van der Waals surface area contributed by atoms with Crippen molar-refractivity contribution in [1.29, 1.82) is 0 Å². The van der Waals surface area contributed by atoms with Gasteiger partial charge >= 0.3 is 12.0 Å². The molecule has 0 aromatic heterocycles. The van der Waals surface area contributed by atoms with Crippen molar-refractivity contribution >= 4 is 23.4 Å². The number of aliphatic carboxylic acids is 1. The first kappa shape index (κ1) is 15.2. The third kappa shape index (κ3) is 3.45. The molecule has 2 rings (SSSR count). The van der Waals surface area contributed by atoms with Crippen molar-refractivity contribution in [2.75, 3.05) is 11.1 Å². The molecule has 1 aliphatic rings. The summed E-state index contributed by atoms with van der Waals surface area (Å²) in [6.07, 6.45) is 2.47. The molecule has 0 aliphatic heterocycles. The second kappa shape index (κ2) is 6.03. The molecule has 0 atom stereocenters. The van der Waals surface area contributed by atoms with E-state index in [0.717, 1.165) is 12.8 Å². The molecule has 0 saturated heterocycles. The number of carboxylic acids is 1. The number of nitrogens with one attached hydrogen (secondary N) is 2. The van der Waals surface area contributed by atoms with E-state index in [9.17, 15) is 14.7 Å². The molecule has 1 aliphatic carbocycles. The number of nitrogens with two attached hydrogens (primary N) is 1. The van der Waals surface area contributed by atoms with Crippen LogP contribution in [-0.4, -0.2) is 22.6 Å². The van der Waals surface area contributed by atoms with Gasteiger partial charge in [0.2, 0.25) is 0 Å². The third-order valence-electron chi connectivity index (χ3n) is 4.10. The number of hydrogen-bond acceptors (Lipinski definition) is 3. The number of benzene rings is 1. The van der Waals surface area contributed by atoms with Crippen LogP contribution in [0, 0.1) is 5.92 Å². The molecule has 2 amide bonds. The molecule has 0 radical (unpaired) electrons. The molecule has 1 fully saturated rings. The lowest BCUT2D eigenvalue weighted by atomic mass is 9.77. The van der Waals surface area contributed by atoms with Crippen molar-refractivity contribution in [3.8, 4) is 0 Å². The van der Waals surface area contributed by atoms with Crippen LogP contribution in [0.1, 0.15) is 32.6 Å². The molecule has 1 aromatic carbocycles. The first-order valence-corrected chi connectivity index (χ1v) is 7.10. The maximum absolute atomic E-state index is 12.1. The Bertz CT molecular complexity index is 537. The molecule has 0 bridgehead atoms. The lowest BCUT2D eigenvalue weighted by Gasteiger charge is -2.36. The highest BCUT2D eigenvalue weighted by Gasteiger charge is 2.42. The number of rotatable bonds is 3. The van der Waals surface area contributed by atoms with Crippen molar-refractivity contribution in [2.24, 2.45) is 5.92 Å². The van der Waals surface area contributed by atoms with Gasteiger partial charge in [0.15, 0.2) is 0 Å². The third-order valence-corrected chi connectivity index (χ3v) is 4.10. The highest BCUT2D eigenvalue weighted by atomic mass is 16.4. The summed E-state index contributed by atoms with van der Waals surface area (Å²) in [5, 5.41) is 14.7. The van der Waals surface area contributed by atoms with E-state index in [-0.39, 0.29) is 0 Å². The van der Waals surface area contributed by atoms with E-state index >= 15 is 0 Å². The van der Waals surface area contributed by atoms with E-state index < -0.39 is 17.5 Å². The predicted molar refractivity (Wildman–Crippen MR) is 81.0 cm³/mol. The fourth-order valence-electron chi connectivity index (χ4n) is 2.63. The second-order valence-electron chi connectivity index (χ2n) is 5.74. The minimum absolute atomic E-state index is 0.439. The Morgan fingerprint density at radius 2 is 1.90 bits per heavy atom. The molecule has 0 unspecified atom stereocenters. The lowest BCUT2D eigenvalue weighted by molar-refractivity contribution is -0.146. The monoisotopic (exact) mass is 291 g/mol. The van der Waals surface area contributed by atoms with Gasteiger partial charge in [-0.05, 0) is 43.7 Å². The summed E-state index contributed by atoms with van der Waals surface area (Å²) >= 11 is 0. The zero-order chi connectivity index (χ0) is 15.5. The quantitative estimate of drug-likeness (QED) is 0.642. The van der Waals surface area contributed by atoms with Gasteiger partial charge in [-0.1, -0.05) is 19.1 Å². The number of amides is 2. The summed E-state index contributed by atoms with van der Waals surface area (Å²) in [5.74, 6) is -0.488. The van der Waals surface area contributed by atoms with Gasteiger partial charge in [-0.2, -0.15) is 0 Å². The topological polar surface area (TPSA) is 104 Å². The summed E-state index contributed by atoms with van der Waals surface area (Å²) in [5.41, 5.74) is 5.48. The van der Waals surface area contributed by atoms with Gasteiger partial charge in [0, 0.05) is 0 Å². The summed E-state index contributed by atoms with van der Waals surface area (Å²) in [7, 11) is 0. The normalized spacial score (nSPS) is 25.1. The molecular formula is C15H21N3O3. The standard InChI is InChI=1S/C15H21N3O3/c1-10-6-8-15(9-7-10,13(19)20)18-14(21)17-12-5-3-2-4-11(12)16/h2-5,10H,6-9,16H2,1H3,(H,19,20)(H2,17,18,21). The van der Waals surface area contributed by atoms with E-state index in [1.54, 1.807) is 24.3 Å². The zero-order valence-electron chi connectivity index (χ0n) is 12.1. The van der Waals surface area contributed by atoms with Crippen LogP contribution in [0.2, 0.25) is 0 Å². The summed E-state index contributed by atoms with van der Waals surface area (Å²) in [4.78, 5) is 23.7. The largest absolute Gasteiger partial charge is 0.480 e. The van der Waals surface area contributed by atoms with Gasteiger partial charge in [-0.25, -0.2) is 9.59 Å². The van der Waals surface area contributed by atoms with Crippen molar-refractivity contribution in [2.45, 2.75) is 38.1 Å². The first-order valence-electron chi connectivity index (χ1n) is 7.10. The smallest absolute Gasteiger partial charge is 0.329 e. The van der Waals surface area contributed by atoms with Crippen molar-refractivity contribution in [1.82, 2.24) is 5.32 Å². The highest BCUT2D eigenvalue weighted by molar-refractivity contribution is 5.96. The van der Waals surface area contributed by atoms with Crippen LogP contribution in [-0.2, 0) is 4.79 Å². The number of para-hydroxylation sites is 2. The minimum atomic E-state index is -1.18. The molecule has 0 spiro atoms. The van der Waals surface area contributed by atoms with Crippen LogP contribution in [0.3, 0.4) is 0 Å². The van der Waals surface area contributed by atoms with Gasteiger partial charge in [0.05, 0.1) is 11.4 Å². The molecule has 114 valence electrons. The minimum Gasteiger partial charge on any atom is -0.480 e. The van der Waals surface area contributed by atoms with Crippen LogP contribution in [0.25, 0.3) is 0 Å². The van der Waals surface area contributed by atoms with Crippen LogP contribution in [0.15, 0.2) is 24.3 Å². The number of carbonyl (C=O) groups is 2. The Hall–Kier alpha value is -2.24. The van der Waals surface area contributed by atoms with E-state index in [1.165, 1.54) is 0 Å².